The SMILES string of the molecule is Clc1nccc(NCCCN2CCCC2)n1. The molecule has 1 saturated heterocycles. The first-order valence-corrected chi connectivity index (χ1v) is 6.17. The first-order chi connectivity index (χ1) is 7.84. The molecule has 0 bridgehead atoms. The third-order valence-electron chi connectivity index (χ3n) is 2.78. The number of likely N-dealkylation sites (tertiary alicyclic amines) is 1. The standard InChI is InChI=1S/C11H17ClN4/c12-11-14-6-4-10(15-11)13-5-3-9-16-7-1-2-8-16/h4,6H,1-3,5,7-9H2,(H,13,14,15). The molecule has 0 spiro atoms. The lowest BCUT2D eigenvalue weighted by atomic mass is 10.4. The van der Waals surface area contributed by atoms with E-state index in [1.54, 1.807) is 6.20 Å². The van der Waals surface area contributed by atoms with Crippen LogP contribution in [0, 0.1) is 0 Å². The molecule has 1 aliphatic rings. The summed E-state index contributed by atoms with van der Waals surface area (Å²) in [6, 6.07) is 1.84. The lowest BCUT2D eigenvalue weighted by molar-refractivity contribution is 0.337. The summed E-state index contributed by atoms with van der Waals surface area (Å²) < 4.78 is 0. The summed E-state index contributed by atoms with van der Waals surface area (Å²) in [5.41, 5.74) is 0. The highest BCUT2D eigenvalue weighted by atomic mass is 35.5. The van der Waals surface area contributed by atoms with Crippen molar-refractivity contribution in [2.75, 3.05) is 31.5 Å². The van der Waals surface area contributed by atoms with E-state index in [0.29, 0.717) is 5.28 Å². The zero-order valence-corrected chi connectivity index (χ0v) is 10.1. The average Bonchev–Trinajstić information content (AvgIpc) is 2.77. The number of nitrogens with one attached hydrogen (secondary N) is 1. The van der Waals surface area contributed by atoms with Crippen LogP contribution in [0.4, 0.5) is 5.82 Å². The van der Waals surface area contributed by atoms with Crippen molar-refractivity contribution in [2.24, 2.45) is 0 Å². The summed E-state index contributed by atoms with van der Waals surface area (Å²) in [5, 5.41) is 3.54. The van der Waals surface area contributed by atoms with Crippen LogP contribution in [0.2, 0.25) is 5.28 Å². The lowest BCUT2D eigenvalue weighted by Crippen LogP contribution is -2.22. The summed E-state index contributed by atoms with van der Waals surface area (Å²) in [4.78, 5) is 10.4. The highest BCUT2D eigenvalue weighted by molar-refractivity contribution is 6.28. The smallest absolute Gasteiger partial charge is 0.224 e. The van der Waals surface area contributed by atoms with Crippen LogP contribution in [0.3, 0.4) is 0 Å². The highest BCUT2D eigenvalue weighted by Crippen LogP contribution is 2.08. The Hall–Kier alpha value is -0.870. The molecule has 1 aromatic rings. The molecule has 4 nitrogen and oxygen atoms in total. The van der Waals surface area contributed by atoms with Crippen LogP contribution in [0.5, 0.6) is 0 Å². The molecule has 2 heterocycles. The van der Waals surface area contributed by atoms with Crippen LogP contribution in [0.15, 0.2) is 12.3 Å². The van der Waals surface area contributed by atoms with Gasteiger partial charge in [0.1, 0.15) is 5.82 Å². The van der Waals surface area contributed by atoms with E-state index in [0.717, 1.165) is 18.8 Å². The molecule has 0 saturated carbocycles. The molecule has 0 unspecified atom stereocenters. The zero-order valence-electron chi connectivity index (χ0n) is 9.32. The van der Waals surface area contributed by atoms with Gasteiger partial charge in [0.05, 0.1) is 0 Å². The predicted octanol–water partition coefficient (Wildman–Crippen LogP) is 2.03. The summed E-state index contributed by atoms with van der Waals surface area (Å²) >= 11 is 5.69. The lowest BCUT2D eigenvalue weighted by Gasteiger charge is -2.14. The van der Waals surface area contributed by atoms with Gasteiger partial charge in [-0.1, -0.05) is 0 Å². The second-order valence-electron chi connectivity index (χ2n) is 4.04. The summed E-state index contributed by atoms with van der Waals surface area (Å²) in [6.45, 7) is 4.63. The van der Waals surface area contributed by atoms with E-state index in [2.05, 4.69) is 20.2 Å². The maximum absolute atomic E-state index is 5.69. The minimum Gasteiger partial charge on any atom is -0.370 e. The van der Waals surface area contributed by atoms with Crippen molar-refractivity contribution in [3.05, 3.63) is 17.5 Å². The van der Waals surface area contributed by atoms with Gasteiger partial charge in [0, 0.05) is 12.7 Å². The second kappa shape index (κ2) is 6.01. The molecular formula is C11H17ClN4. The number of halogens is 1. The van der Waals surface area contributed by atoms with Gasteiger partial charge in [-0.05, 0) is 56.6 Å². The Kier molecular flexibility index (Phi) is 4.36. The minimum atomic E-state index is 0.296. The summed E-state index contributed by atoms with van der Waals surface area (Å²) in [5.74, 6) is 0.807. The van der Waals surface area contributed by atoms with Crippen LogP contribution in [0.1, 0.15) is 19.3 Å². The molecule has 0 aromatic carbocycles. The van der Waals surface area contributed by atoms with Crippen LogP contribution < -0.4 is 5.32 Å². The van der Waals surface area contributed by atoms with Crippen molar-refractivity contribution in [2.45, 2.75) is 19.3 Å². The first-order valence-electron chi connectivity index (χ1n) is 5.79. The Labute approximate surface area is 101 Å². The maximum atomic E-state index is 5.69. The Morgan fingerprint density at radius 3 is 2.94 bits per heavy atom. The number of hydrogen-bond acceptors (Lipinski definition) is 4. The van der Waals surface area contributed by atoms with Gasteiger partial charge in [-0.25, -0.2) is 9.97 Å². The molecule has 0 amide bonds. The van der Waals surface area contributed by atoms with Gasteiger partial charge in [-0.3, -0.25) is 0 Å². The van der Waals surface area contributed by atoms with E-state index in [4.69, 9.17) is 11.6 Å². The van der Waals surface area contributed by atoms with E-state index in [1.165, 1.54) is 32.5 Å². The number of aromatic nitrogens is 2. The molecular weight excluding hydrogens is 224 g/mol. The van der Waals surface area contributed by atoms with E-state index < -0.39 is 0 Å². The van der Waals surface area contributed by atoms with E-state index in [9.17, 15) is 0 Å². The number of anilines is 1. The van der Waals surface area contributed by atoms with Gasteiger partial charge in [-0.2, -0.15) is 0 Å². The molecule has 2 rings (SSSR count). The summed E-state index contributed by atoms with van der Waals surface area (Å²) in [7, 11) is 0. The van der Waals surface area contributed by atoms with E-state index in [-0.39, 0.29) is 0 Å². The van der Waals surface area contributed by atoms with Crippen molar-refractivity contribution in [3.63, 3.8) is 0 Å². The number of rotatable bonds is 5. The van der Waals surface area contributed by atoms with Crippen LogP contribution in [-0.4, -0.2) is 41.0 Å². The Morgan fingerprint density at radius 2 is 2.19 bits per heavy atom. The fourth-order valence-corrected chi connectivity index (χ4v) is 2.11. The van der Waals surface area contributed by atoms with Gasteiger partial charge >= 0.3 is 0 Å². The van der Waals surface area contributed by atoms with Gasteiger partial charge in [-0.15, -0.1) is 0 Å². The Balaban J connectivity index is 1.64. The highest BCUT2D eigenvalue weighted by Gasteiger charge is 2.09. The van der Waals surface area contributed by atoms with Crippen molar-refractivity contribution >= 4 is 17.4 Å². The monoisotopic (exact) mass is 240 g/mol. The third kappa shape index (κ3) is 3.61. The number of hydrogen-bond donors (Lipinski definition) is 1. The molecule has 5 heteroatoms. The molecule has 0 atom stereocenters. The fraction of sp³-hybridized carbons (Fsp3) is 0.636. The van der Waals surface area contributed by atoms with Crippen LogP contribution in [-0.2, 0) is 0 Å². The van der Waals surface area contributed by atoms with Gasteiger partial charge < -0.3 is 10.2 Å². The molecule has 16 heavy (non-hydrogen) atoms. The molecule has 1 aliphatic heterocycles. The minimum absolute atomic E-state index is 0.296. The van der Waals surface area contributed by atoms with Crippen molar-refractivity contribution < 1.29 is 0 Å². The third-order valence-corrected chi connectivity index (χ3v) is 2.96. The largest absolute Gasteiger partial charge is 0.370 e. The molecule has 1 aromatic heterocycles. The van der Waals surface area contributed by atoms with Gasteiger partial charge in [0.15, 0.2) is 0 Å². The van der Waals surface area contributed by atoms with Crippen molar-refractivity contribution in [1.82, 2.24) is 14.9 Å². The molecule has 1 fully saturated rings. The average molecular weight is 241 g/mol. The van der Waals surface area contributed by atoms with Crippen molar-refractivity contribution in [1.29, 1.82) is 0 Å². The normalized spacial score (nSPS) is 16.6. The van der Waals surface area contributed by atoms with Gasteiger partial charge in [0.25, 0.3) is 0 Å². The first kappa shape index (κ1) is 11.6. The topological polar surface area (TPSA) is 41.1 Å². The quantitative estimate of drug-likeness (QED) is 0.632. The summed E-state index contributed by atoms with van der Waals surface area (Å²) in [6.07, 6.45) is 5.52. The van der Waals surface area contributed by atoms with Gasteiger partial charge in [0.2, 0.25) is 5.28 Å². The molecule has 88 valence electrons. The van der Waals surface area contributed by atoms with E-state index in [1.807, 2.05) is 6.07 Å². The fourth-order valence-electron chi connectivity index (χ4n) is 1.96. The van der Waals surface area contributed by atoms with E-state index >= 15 is 0 Å². The second-order valence-corrected chi connectivity index (χ2v) is 4.38. The maximum Gasteiger partial charge on any atom is 0.224 e. The Bertz CT molecular complexity index is 326. The zero-order chi connectivity index (χ0) is 11.2. The predicted molar refractivity (Wildman–Crippen MR) is 65.8 cm³/mol. The van der Waals surface area contributed by atoms with Crippen molar-refractivity contribution in [3.8, 4) is 0 Å². The van der Waals surface area contributed by atoms with Crippen LogP contribution in [0.25, 0.3) is 0 Å². The van der Waals surface area contributed by atoms with Crippen LogP contribution >= 0.6 is 11.6 Å². The Morgan fingerprint density at radius 1 is 1.38 bits per heavy atom. The number of nitrogens with zero attached hydrogens (tertiary/aromatic N) is 3. The molecule has 0 aliphatic carbocycles. The molecule has 0 radical (unpaired) electrons. The molecule has 1 N–H and O–H groups in total.